The first kappa shape index (κ1) is 32.1. The van der Waals surface area contributed by atoms with Gasteiger partial charge in [-0.05, 0) is 47.7 Å². The van der Waals surface area contributed by atoms with Crippen molar-refractivity contribution in [1.29, 1.82) is 0 Å². The summed E-state index contributed by atoms with van der Waals surface area (Å²) in [4.78, 5) is 25.2. The molecule has 1 fully saturated rings. The molecule has 3 atom stereocenters. The molecule has 8 nitrogen and oxygen atoms in total. The minimum Gasteiger partial charge on any atom is -0.481 e. The van der Waals surface area contributed by atoms with Gasteiger partial charge in [-0.2, -0.15) is 0 Å². The maximum atomic E-state index is 12.3. The number of carboxylic acid groups (broad SMARTS) is 1. The lowest BCUT2D eigenvalue weighted by Gasteiger charge is -2.37. The summed E-state index contributed by atoms with van der Waals surface area (Å²) in [5.41, 5.74) is 5.87. The zero-order valence-corrected chi connectivity index (χ0v) is 24.8. The molecule has 3 aromatic rings. The van der Waals surface area contributed by atoms with Gasteiger partial charge in [0.2, 0.25) is 5.91 Å². The van der Waals surface area contributed by atoms with Gasteiger partial charge in [0.25, 0.3) is 0 Å². The molecule has 43 heavy (non-hydrogen) atoms. The number of unbranched alkanes of at least 4 members (excludes halogenated alkanes) is 1. The zero-order chi connectivity index (χ0) is 30.6. The number of rotatable bonds is 15. The smallest absolute Gasteiger partial charge is 0.303 e. The van der Waals surface area contributed by atoms with Crippen molar-refractivity contribution < 1.29 is 29.3 Å². The number of likely N-dealkylation sites (N-methyl/N-ethyl adjacent to an activating group) is 1. The summed E-state index contributed by atoms with van der Waals surface area (Å²) in [7, 11) is 2.05. The first-order valence-corrected chi connectivity index (χ1v) is 14.8. The van der Waals surface area contributed by atoms with Gasteiger partial charge in [-0.15, -0.1) is 6.58 Å². The molecule has 1 saturated heterocycles. The molecule has 1 aliphatic heterocycles. The average Bonchev–Trinajstić information content (AvgIpc) is 3.02. The summed E-state index contributed by atoms with van der Waals surface area (Å²) in [6, 6.07) is 24.0. The third-order valence-corrected chi connectivity index (χ3v) is 7.60. The highest BCUT2D eigenvalue weighted by Crippen LogP contribution is 2.38. The number of hydrogen-bond donors (Lipinski definition) is 3. The predicted octanol–water partition coefficient (Wildman–Crippen LogP) is 5.77. The van der Waals surface area contributed by atoms with E-state index in [2.05, 4.69) is 23.8 Å². The van der Waals surface area contributed by atoms with Crippen molar-refractivity contribution in [2.45, 2.75) is 63.8 Å². The second kappa shape index (κ2) is 16.1. The van der Waals surface area contributed by atoms with Crippen LogP contribution in [0.5, 0.6) is 0 Å². The largest absolute Gasteiger partial charge is 0.481 e. The molecule has 0 unspecified atom stereocenters. The molecule has 3 aromatic carbocycles. The van der Waals surface area contributed by atoms with Crippen molar-refractivity contribution in [3.63, 3.8) is 0 Å². The molecule has 3 N–H and O–H groups in total. The highest BCUT2D eigenvalue weighted by Gasteiger charge is 2.32. The van der Waals surface area contributed by atoms with Crippen LogP contribution in [-0.2, 0) is 32.2 Å². The predicted molar refractivity (Wildman–Crippen MR) is 166 cm³/mol. The number of aliphatic carboxylic acids is 1. The fourth-order valence-corrected chi connectivity index (χ4v) is 5.30. The Morgan fingerprint density at radius 2 is 1.67 bits per heavy atom. The highest BCUT2D eigenvalue weighted by molar-refractivity contribution is 5.76. The minimum atomic E-state index is -0.841. The number of ether oxygens (including phenoxy) is 2. The van der Waals surface area contributed by atoms with Gasteiger partial charge < -0.3 is 29.9 Å². The van der Waals surface area contributed by atoms with Crippen LogP contribution in [-0.4, -0.2) is 53.2 Å². The topological polar surface area (TPSA) is 108 Å². The summed E-state index contributed by atoms with van der Waals surface area (Å²) >= 11 is 0. The molecule has 8 heteroatoms. The fraction of sp³-hybridized carbons (Fsp3) is 0.371. The lowest BCUT2D eigenvalue weighted by atomic mass is 9.97. The van der Waals surface area contributed by atoms with Gasteiger partial charge in [0, 0.05) is 44.5 Å². The van der Waals surface area contributed by atoms with E-state index in [9.17, 15) is 14.7 Å². The summed E-state index contributed by atoms with van der Waals surface area (Å²) in [5.74, 6) is -0.928. The van der Waals surface area contributed by atoms with Crippen molar-refractivity contribution >= 4 is 11.9 Å². The van der Waals surface area contributed by atoms with E-state index >= 15 is 0 Å². The van der Waals surface area contributed by atoms with Crippen molar-refractivity contribution in [3.05, 3.63) is 108 Å². The van der Waals surface area contributed by atoms with Crippen LogP contribution in [0.15, 0.2) is 85.5 Å². The van der Waals surface area contributed by atoms with Crippen molar-refractivity contribution in [1.82, 2.24) is 10.2 Å². The number of hydrogen-bond acceptors (Lipinski definition) is 6. The monoisotopic (exact) mass is 586 g/mol. The van der Waals surface area contributed by atoms with Crippen molar-refractivity contribution in [2.75, 3.05) is 20.1 Å². The number of carbonyl (C=O) groups is 2. The van der Waals surface area contributed by atoms with E-state index < -0.39 is 12.3 Å². The van der Waals surface area contributed by atoms with E-state index in [4.69, 9.17) is 14.6 Å². The molecule has 0 radical (unpaired) electrons. The Hall–Kier alpha value is -3.82. The van der Waals surface area contributed by atoms with E-state index in [1.54, 1.807) is 0 Å². The van der Waals surface area contributed by atoms with Crippen LogP contribution in [0.4, 0.5) is 0 Å². The highest BCUT2D eigenvalue weighted by atomic mass is 16.7. The number of carboxylic acids is 1. The van der Waals surface area contributed by atoms with Crippen LogP contribution in [0.1, 0.15) is 66.8 Å². The van der Waals surface area contributed by atoms with Gasteiger partial charge in [0.15, 0.2) is 6.29 Å². The van der Waals surface area contributed by atoms with Crippen molar-refractivity contribution in [3.8, 4) is 11.1 Å². The summed E-state index contributed by atoms with van der Waals surface area (Å²) in [6.45, 7) is 5.75. The molecular weight excluding hydrogens is 544 g/mol. The Bertz CT molecular complexity index is 1340. The lowest BCUT2D eigenvalue weighted by Crippen LogP contribution is -2.37. The minimum absolute atomic E-state index is 0.00293. The number of benzene rings is 3. The molecule has 1 aliphatic rings. The quantitative estimate of drug-likeness (QED) is 0.153. The number of carbonyl (C=O) groups excluding carboxylic acids is 1. The summed E-state index contributed by atoms with van der Waals surface area (Å²) < 4.78 is 12.9. The van der Waals surface area contributed by atoms with E-state index in [1.165, 1.54) is 0 Å². The molecule has 228 valence electrons. The SMILES string of the molecule is C=CCN(C)C[C@H]1C[C@@H](c2ccc(CO)cc2)O[C@@H](c2ccc(-c3ccccc3CNC(=O)CCCCC(=O)O)cc2)O1. The van der Waals surface area contributed by atoms with Crippen LogP contribution < -0.4 is 5.32 Å². The van der Waals surface area contributed by atoms with E-state index in [-0.39, 0.29) is 31.1 Å². The molecule has 4 rings (SSSR count). The van der Waals surface area contributed by atoms with E-state index in [0.29, 0.717) is 32.2 Å². The van der Waals surface area contributed by atoms with Gasteiger partial charge in [0.1, 0.15) is 0 Å². The first-order valence-electron chi connectivity index (χ1n) is 14.8. The van der Waals surface area contributed by atoms with Gasteiger partial charge in [-0.1, -0.05) is 78.9 Å². The van der Waals surface area contributed by atoms with Crippen LogP contribution in [0.2, 0.25) is 0 Å². The molecule has 0 aliphatic carbocycles. The second-order valence-electron chi connectivity index (χ2n) is 11.0. The van der Waals surface area contributed by atoms with Crippen LogP contribution in [0.3, 0.4) is 0 Å². The third-order valence-electron chi connectivity index (χ3n) is 7.60. The second-order valence-corrected chi connectivity index (χ2v) is 11.0. The van der Waals surface area contributed by atoms with Gasteiger partial charge in [0.05, 0.1) is 18.8 Å². The maximum Gasteiger partial charge on any atom is 0.303 e. The average molecular weight is 587 g/mol. The molecule has 0 saturated carbocycles. The molecule has 0 aromatic heterocycles. The third kappa shape index (κ3) is 9.59. The van der Waals surface area contributed by atoms with Gasteiger partial charge in [-0.3, -0.25) is 9.59 Å². The Labute approximate surface area is 254 Å². The number of nitrogens with one attached hydrogen (secondary N) is 1. The van der Waals surface area contributed by atoms with Crippen LogP contribution in [0.25, 0.3) is 11.1 Å². The number of aliphatic hydroxyl groups excluding tert-OH is 1. The van der Waals surface area contributed by atoms with Crippen molar-refractivity contribution in [2.24, 2.45) is 0 Å². The molecule has 0 bridgehead atoms. The Morgan fingerprint density at radius 1 is 0.977 bits per heavy atom. The van der Waals surface area contributed by atoms with Gasteiger partial charge in [-0.25, -0.2) is 0 Å². The van der Waals surface area contributed by atoms with E-state index in [0.717, 1.165) is 46.5 Å². The zero-order valence-electron chi connectivity index (χ0n) is 24.8. The molecular formula is C35H42N2O6. The molecule has 1 heterocycles. The number of aliphatic hydroxyl groups is 1. The number of amides is 1. The van der Waals surface area contributed by atoms with Crippen LogP contribution >= 0.6 is 0 Å². The maximum absolute atomic E-state index is 12.3. The number of nitrogens with zero attached hydrogens (tertiary/aromatic N) is 1. The normalized spacial score (nSPS) is 18.3. The Morgan fingerprint density at radius 3 is 2.37 bits per heavy atom. The van der Waals surface area contributed by atoms with E-state index in [1.807, 2.05) is 78.9 Å². The summed E-state index contributed by atoms with van der Waals surface area (Å²) in [5, 5.41) is 21.2. The first-order chi connectivity index (χ1) is 20.9. The Kier molecular flexibility index (Phi) is 12.1. The van der Waals surface area contributed by atoms with Gasteiger partial charge >= 0.3 is 5.97 Å². The Balaban J connectivity index is 1.45. The fourth-order valence-electron chi connectivity index (χ4n) is 5.30. The standard InChI is InChI=1S/C35H42N2O6/c1-3-20-37(2)23-30-21-32(27-14-12-25(24-38)13-15-27)43-35(42-30)28-18-16-26(17-19-28)31-9-5-4-8-29(31)22-36-33(39)10-6-7-11-34(40)41/h3-5,8-9,12-19,30,32,35,38H,1,6-7,10-11,20-24H2,2H3,(H,36,39)(H,40,41)/t30-,32+,35+/m1/s1. The summed E-state index contributed by atoms with van der Waals surface area (Å²) in [6.07, 6.45) is 3.29. The molecule has 0 spiro atoms. The van der Waals surface area contributed by atoms with Crippen LogP contribution in [0, 0.1) is 0 Å². The molecule has 1 amide bonds. The lowest BCUT2D eigenvalue weighted by molar-refractivity contribution is -0.252.